The van der Waals surface area contributed by atoms with Gasteiger partial charge in [0.05, 0.1) is 5.41 Å². The highest BCUT2D eigenvalue weighted by Crippen LogP contribution is 2.24. The molecule has 1 aliphatic rings. The first-order valence-corrected chi connectivity index (χ1v) is 6.10. The lowest BCUT2D eigenvalue weighted by Gasteiger charge is -2.21. The molecule has 1 atom stereocenters. The van der Waals surface area contributed by atoms with Crippen LogP contribution >= 0.6 is 24.8 Å². The molecule has 1 aromatic rings. The number of rotatable bonds is 4. The summed E-state index contributed by atoms with van der Waals surface area (Å²) in [6.07, 6.45) is 3.48. The van der Waals surface area contributed by atoms with Crippen molar-refractivity contribution in [2.45, 2.75) is 19.8 Å². The Labute approximate surface area is 126 Å². The first kappa shape index (κ1) is 18.2. The molecule has 0 aliphatic carbocycles. The summed E-state index contributed by atoms with van der Waals surface area (Å²) in [4.78, 5) is 16.2. The molecule has 1 unspecified atom stereocenters. The van der Waals surface area contributed by atoms with Crippen LogP contribution in [0.2, 0.25) is 0 Å². The zero-order chi connectivity index (χ0) is 12.1. The van der Waals surface area contributed by atoms with Crippen molar-refractivity contribution in [2.24, 2.45) is 5.41 Å². The van der Waals surface area contributed by atoms with Gasteiger partial charge in [-0.2, -0.15) is 0 Å². The van der Waals surface area contributed by atoms with E-state index in [0.717, 1.165) is 31.6 Å². The molecule has 0 aromatic carbocycles. The van der Waals surface area contributed by atoms with Crippen LogP contribution in [0, 0.1) is 5.41 Å². The molecule has 2 rings (SSSR count). The fourth-order valence-corrected chi connectivity index (χ4v) is 2.07. The van der Waals surface area contributed by atoms with Crippen molar-refractivity contribution < 1.29 is 4.79 Å². The van der Waals surface area contributed by atoms with Gasteiger partial charge in [-0.1, -0.05) is 6.07 Å². The summed E-state index contributed by atoms with van der Waals surface area (Å²) in [5.41, 5.74) is 0.784. The topological polar surface area (TPSA) is 54.0 Å². The number of carbonyl (C=O) groups is 1. The molecule has 0 bridgehead atoms. The van der Waals surface area contributed by atoms with E-state index in [9.17, 15) is 4.79 Å². The maximum absolute atomic E-state index is 12.0. The summed E-state index contributed by atoms with van der Waals surface area (Å²) < 4.78 is 0. The van der Waals surface area contributed by atoms with Gasteiger partial charge in [0.2, 0.25) is 5.91 Å². The summed E-state index contributed by atoms with van der Waals surface area (Å²) in [6, 6.07) is 5.84. The van der Waals surface area contributed by atoms with E-state index in [1.165, 1.54) is 0 Å². The normalized spacial score (nSPS) is 21.1. The molecule has 19 heavy (non-hydrogen) atoms. The number of halogens is 2. The first-order chi connectivity index (χ1) is 8.21. The zero-order valence-electron chi connectivity index (χ0n) is 11.0. The van der Waals surface area contributed by atoms with Crippen LogP contribution in [0.1, 0.15) is 19.0 Å². The van der Waals surface area contributed by atoms with Crippen molar-refractivity contribution in [2.75, 3.05) is 19.6 Å². The van der Waals surface area contributed by atoms with E-state index in [4.69, 9.17) is 0 Å². The quantitative estimate of drug-likeness (QED) is 0.888. The highest BCUT2D eigenvalue weighted by atomic mass is 35.5. The van der Waals surface area contributed by atoms with Gasteiger partial charge in [0, 0.05) is 31.4 Å². The summed E-state index contributed by atoms with van der Waals surface area (Å²) in [5, 5.41) is 6.22. The van der Waals surface area contributed by atoms with Crippen molar-refractivity contribution in [3.63, 3.8) is 0 Å². The molecule has 0 radical (unpaired) electrons. The minimum atomic E-state index is -0.232. The van der Waals surface area contributed by atoms with Gasteiger partial charge < -0.3 is 10.6 Å². The number of hydrogen-bond acceptors (Lipinski definition) is 3. The molecule has 1 aromatic heterocycles. The lowest BCUT2D eigenvalue weighted by molar-refractivity contribution is -0.129. The third-order valence-corrected chi connectivity index (χ3v) is 3.31. The molecule has 2 N–H and O–H groups in total. The predicted molar refractivity (Wildman–Crippen MR) is 81.0 cm³/mol. The van der Waals surface area contributed by atoms with E-state index in [0.29, 0.717) is 6.54 Å². The van der Waals surface area contributed by atoms with Crippen LogP contribution in [0.25, 0.3) is 0 Å². The molecule has 1 aliphatic heterocycles. The molecular weight excluding hydrogens is 285 g/mol. The largest absolute Gasteiger partial charge is 0.355 e. The number of hydrogen-bond donors (Lipinski definition) is 2. The lowest BCUT2D eigenvalue weighted by Crippen LogP contribution is -2.41. The molecule has 1 amide bonds. The Kier molecular flexibility index (Phi) is 7.99. The number of nitrogens with zero attached hydrogens (tertiary/aromatic N) is 1. The van der Waals surface area contributed by atoms with Crippen LogP contribution in [-0.2, 0) is 11.2 Å². The Morgan fingerprint density at radius 1 is 1.47 bits per heavy atom. The van der Waals surface area contributed by atoms with Gasteiger partial charge in [-0.15, -0.1) is 24.8 Å². The second kappa shape index (κ2) is 8.35. The molecule has 2 heterocycles. The molecule has 1 saturated heterocycles. The van der Waals surface area contributed by atoms with Gasteiger partial charge in [-0.3, -0.25) is 9.78 Å². The van der Waals surface area contributed by atoms with Crippen molar-refractivity contribution in [1.29, 1.82) is 0 Å². The maximum Gasteiger partial charge on any atom is 0.227 e. The third kappa shape index (κ3) is 4.97. The van der Waals surface area contributed by atoms with Crippen LogP contribution < -0.4 is 10.6 Å². The molecule has 4 nitrogen and oxygen atoms in total. The Hall–Kier alpha value is -0.840. The van der Waals surface area contributed by atoms with Gasteiger partial charge in [0.15, 0.2) is 0 Å². The number of pyridine rings is 1. The summed E-state index contributed by atoms with van der Waals surface area (Å²) in [7, 11) is 0. The van der Waals surface area contributed by atoms with E-state index in [1.807, 2.05) is 25.1 Å². The first-order valence-electron chi connectivity index (χ1n) is 6.10. The Balaban J connectivity index is 0.00000162. The number of nitrogens with one attached hydrogen (secondary N) is 2. The molecule has 0 spiro atoms. The predicted octanol–water partition coefficient (Wildman–Crippen LogP) is 1.58. The van der Waals surface area contributed by atoms with Crippen molar-refractivity contribution >= 4 is 30.7 Å². The second-order valence-corrected chi connectivity index (χ2v) is 4.81. The number of amides is 1. The van der Waals surface area contributed by atoms with E-state index >= 15 is 0 Å². The highest BCUT2D eigenvalue weighted by Gasteiger charge is 2.35. The Morgan fingerprint density at radius 2 is 2.26 bits per heavy atom. The fourth-order valence-electron chi connectivity index (χ4n) is 2.07. The van der Waals surface area contributed by atoms with E-state index in [-0.39, 0.29) is 36.1 Å². The number of carbonyl (C=O) groups excluding carboxylic acids is 1. The maximum atomic E-state index is 12.0. The van der Waals surface area contributed by atoms with E-state index < -0.39 is 0 Å². The Morgan fingerprint density at radius 3 is 2.84 bits per heavy atom. The summed E-state index contributed by atoms with van der Waals surface area (Å²) >= 11 is 0. The van der Waals surface area contributed by atoms with Crippen LogP contribution in [0.4, 0.5) is 0 Å². The second-order valence-electron chi connectivity index (χ2n) is 4.81. The third-order valence-electron chi connectivity index (χ3n) is 3.31. The van der Waals surface area contributed by atoms with E-state index in [1.54, 1.807) is 6.20 Å². The summed E-state index contributed by atoms with van der Waals surface area (Å²) in [5.74, 6) is 0.151. The zero-order valence-corrected chi connectivity index (χ0v) is 12.6. The molecule has 0 saturated carbocycles. The average molecular weight is 306 g/mol. The molecule has 1 fully saturated rings. The molecule has 6 heteroatoms. The molecular formula is C13H21Cl2N3O. The minimum Gasteiger partial charge on any atom is -0.355 e. The van der Waals surface area contributed by atoms with Crippen LogP contribution in [-0.4, -0.2) is 30.5 Å². The lowest BCUT2D eigenvalue weighted by atomic mass is 9.89. The minimum absolute atomic E-state index is 0. The molecule has 108 valence electrons. The summed E-state index contributed by atoms with van der Waals surface area (Å²) in [6.45, 7) is 4.39. The van der Waals surface area contributed by atoms with Gasteiger partial charge in [-0.25, -0.2) is 0 Å². The Bertz CT molecular complexity index is 381. The van der Waals surface area contributed by atoms with Crippen molar-refractivity contribution in [3.05, 3.63) is 30.1 Å². The van der Waals surface area contributed by atoms with Crippen molar-refractivity contribution in [1.82, 2.24) is 15.6 Å². The van der Waals surface area contributed by atoms with Crippen LogP contribution in [0.5, 0.6) is 0 Å². The van der Waals surface area contributed by atoms with Gasteiger partial charge in [0.1, 0.15) is 0 Å². The SMILES string of the molecule is CC1(C(=O)NCCc2ccccn2)CCNC1.Cl.Cl. The van der Waals surface area contributed by atoms with Crippen LogP contribution in [0.3, 0.4) is 0 Å². The average Bonchev–Trinajstić information content (AvgIpc) is 2.79. The monoisotopic (exact) mass is 305 g/mol. The standard InChI is InChI=1S/C13H19N3O.2ClH/c1-13(6-9-14-10-13)12(17)16-8-5-11-4-2-3-7-15-11;;/h2-4,7,14H,5-6,8-10H2,1H3,(H,16,17);2*1H. The van der Waals surface area contributed by atoms with Gasteiger partial charge in [0.25, 0.3) is 0 Å². The van der Waals surface area contributed by atoms with Gasteiger partial charge in [-0.05, 0) is 32.0 Å². The smallest absolute Gasteiger partial charge is 0.227 e. The number of aromatic nitrogens is 1. The fraction of sp³-hybridized carbons (Fsp3) is 0.538. The van der Waals surface area contributed by atoms with Crippen molar-refractivity contribution in [3.8, 4) is 0 Å². The van der Waals surface area contributed by atoms with Crippen LogP contribution in [0.15, 0.2) is 24.4 Å². The highest BCUT2D eigenvalue weighted by molar-refractivity contribution is 5.85. The van der Waals surface area contributed by atoms with Gasteiger partial charge >= 0.3 is 0 Å². The van der Waals surface area contributed by atoms with E-state index in [2.05, 4.69) is 15.6 Å².